The molecule has 2 rings (SSSR count). The van der Waals surface area contributed by atoms with Crippen molar-refractivity contribution >= 4 is 0 Å². The first-order chi connectivity index (χ1) is 6.25. The Hall–Kier alpha value is -1.64. The van der Waals surface area contributed by atoms with Gasteiger partial charge >= 0.3 is 0 Å². The molecule has 0 aliphatic carbocycles. The number of halogens is 1. The molecule has 0 unspecified atom stereocenters. The molecule has 0 fully saturated rings. The first-order valence-corrected chi connectivity index (χ1v) is 3.99. The van der Waals surface area contributed by atoms with Crippen LogP contribution >= 0.6 is 0 Å². The second-order valence-electron chi connectivity index (χ2n) is 2.93. The highest BCUT2D eigenvalue weighted by molar-refractivity contribution is 5.57. The number of aryl methyl sites for hydroxylation is 1. The predicted octanol–water partition coefficient (Wildman–Crippen LogP) is 2.23. The molecule has 1 aromatic carbocycles. The maximum atomic E-state index is 12.6. The maximum Gasteiger partial charge on any atom is 0.123 e. The van der Waals surface area contributed by atoms with Gasteiger partial charge in [0, 0.05) is 18.8 Å². The smallest absolute Gasteiger partial charge is 0.123 e. The van der Waals surface area contributed by atoms with Crippen LogP contribution in [-0.2, 0) is 7.05 Å². The lowest BCUT2D eigenvalue weighted by atomic mass is 10.2. The lowest BCUT2D eigenvalue weighted by Crippen LogP contribution is -1.79. The Labute approximate surface area is 75.7 Å². The van der Waals surface area contributed by atoms with Gasteiger partial charge in [-0.15, -0.1) is 0 Å². The van der Waals surface area contributed by atoms with E-state index >= 15 is 0 Å². The van der Waals surface area contributed by atoms with Crippen LogP contribution in [0.3, 0.4) is 0 Å². The minimum atomic E-state index is -0.223. The standard InChI is InChI=1S/C10H9FN2/c1-13-6-10(12-7-13)8-2-4-9(11)5-3-8/h2-7H,1H3. The third-order valence-electron chi connectivity index (χ3n) is 1.84. The van der Waals surface area contributed by atoms with Gasteiger partial charge in [-0.05, 0) is 24.3 Å². The molecule has 0 aliphatic rings. The van der Waals surface area contributed by atoms with Crippen molar-refractivity contribution in [2.24, 2.45) is 7.05 Å². The SMILES string of the molecule is Cn1cnc(-c2ccc(F)cc2)c1. The average molecular weight is 176 g/mol. The van der Waals surface area contributed by atoms with E-state index in [-0.39, 0.29) is 5.82 Å². The normalized spacial score (nSPS) is 10.3. The molecule has 0 aliphatic heterocycles. The molecule has 13 heavy (non-hydrogen) atoms. The molecule has 0 atom stereocenters. The fraction of sp³-hybridized carbons (Fsp3) is 0.100. The van der Waals surface area contributed by atoms with Gasteiger partial charge in [0.05, 0.1) is 12.0 Å². The molecule has 0 radical (unpaired) electrons. The summed E-state index contributed by atoms with van der Waals surface area (Å²) in [5.41, 5.74) is 1.80. The molecule has 2 aromatic rings. The number of imidazole rings is 1. The van der Waals surface area contributed by atoms with Gasteiger partial charge in [0.25, 0.3) is 0 Å². The molecule has 0 N–H and O–H groups in total. The summed E-state index contributed by atoms with van der Waals surface area (Å²) in [6.07, 6.45) is 3.62. The molecule has 0 saturated heterocycles. The van der Waals surface area contributed by atoms with E-state index in [0.717, 1.165) is 11.3 Å². The second-order valence-corrected chi connectivity index (χ2v) is 2.93. The Morgan fingerprint density at radius 2 is 1.92 bits per heavy atom. The van der Waals surface area contributed by atoms with E-state index in [2.05, 4.69) is 4.98 Å². The van der Waals surface area contributed by atoms with Gasteiger partial charge in [-0.3, -0.25) is 0 Å². The zero-order chi connectivity index (χ0) is 9.26. The summed E-state index contributed by atoms with van der Waals surface area (Å²) in [5.74, 6) is -0.223. The summed E-state index contributed by atoms with van der Waals surface area (Å²) < 4.78 is 14.4. The van der Waals surface area contributed by atoms with Gasteiger partial charge < -0.3 is 4.57 Å². The highest BCUT2D eigenvalue weighted by Gasteiger charge is 1.99. The van der Waals surface area contributed by atoms with E-state index in [9.17, 15) is 4.39 Å². The molecule has 2 nitrogen and oxygen atoms in total. The van der Waals surface area contributed by atoms with E-state index in [1.54, 1.807) is 18.5 Å². The van der Waals surface area contributed by atoms with Crippen molar-refractivity contribution in [3.05, 3.63) is 42.6 Å². The van der Waals surface area contributed by atoms with Gasteiger partial charge in [-0.25, -0.2) is 9.37 Å². The topological polar surface area (TPSA) is 17.8 Å². The van der Waals surface area contributed by atoms with Crippen molar-refractivity contribution in [1.29, 1.82) is 0 Å². The van der Waals surface area contributed by atoms with Gasteiger partial charge in [-0.1, -0.05) is 0 Å². The van der Waals surface area contributed by atoms with Gasteiger partial charge in [-0.2, -0.15) is 0 Å². The third-order valence-corrected chi connectivity index (χ3v) is 1.84. The van der Waals surface area contributed by atoms with E-state index in [0.29, 0.717) is 0 Å². The minimum Gasteiger partial charge on any atom is -0.340 e. The van der Waals surface area contributed by atoms with Crippen LogP contribution in [0.5, 0.6) is 0 Å². The molecule has 66 valence electrons. The van der Waals surface area contributed by atoms with Crippen LogP contribution < -0.4 is 0 Å². The Kier molecular flexibility index (Phi) is 1.85. The molecular weight excluding hydrogens is 167 g/mol. The van der Waals surface area contributed by atoms with Crippen molar-refractivity contribution in [3.8, 4) is 11.3 Å². The van der Waals surface area contributed by atoms with Crippen LogP contribution in [-0.4, -0.2) is 9.55 Å². The maximum absolute atomic E-state index is 12.6. The number of hydrogen-bond donors (Lipinski definition) is 0. The van der Waals surface area contributed by atoms with Gasteiger partial charge in [0.15, 0.2) is 0 Å². The Morgan fingerprint density at radius 1 is 1.23 bits per heavy atom. The van der Waals surface area contributed by atoms with Crippen molar-refractivity contribution in [2.75, 3.05) is 0 Å². The first kappa shape index (κ1) is 7.98. The summed E-state index contributed by atoms with van der Waals surface area (Å²) in [6, 6.07) is 6.31. The summed E-state index contributed by atoms with van der Waals surface area (Å²) in [5, 5.41) is 0. The van der Waals surface area contributed by atoms with Crippen LogP contribution in [0.4, 0.5) is 4.39 Å². The number of rotatable bonds is 1. The molecule has 0 bridgehead atoms. The number of aromatic nitrogens is 2. The van der Waals surface area contributed by atoms with Crippen LogP contribution in [0.25, 0.3) is 11.3 Å². The summed E-state index contributed by atoms with van der Waals surface area (Å²) >= 11 is 0. The van der Waals surface area contributed by atoms with Gasteiger partial charge in [0.1, 0.15) is 5.82 Å². The van der Waals surface area contributed by atoms with E-state index in [1.165, 1.54) is 12.1 Å². The van der Waals surface area contributed by atoms with Crippen LogP contribution in [0.2, 0.25) is 0 Å². The third kappa shape index (κ3) is 1.59. The van der Waals surface area contributed by atoms with Crippen molar-refractivity contribution in [2.45, 2.75) is 0 Å². The molecule has 1 heterocycles. The van der Waals surface area contributed by atoms with E-state index in [1.807, 2.05) is 17.8 Å². The van der Waals surface area contributed by atoms with Crippen molar-refractivity contribution < 1.29 is 4.39 Å². The van der Waals surface area contributed by atoms with Crippen molar-refractivity contribution in [3.63, 3.8) is 0 Å². The van der Waals surface area contributed by atoms with Crippen LogP contribution in [0.1, 0.15) is 0 Å². The van der Waals surface area contributed by atoms with Crippen LogP contribution in [0, 0.1) is 5.82 Å². The van der Waals surface area contributed by atoms with Gasteiger partial charge in [0.2, 0.25) is 0 Å². The Morgan fingerprint density at radius 3 is 2.46 bits per heavy atom. The zero-order valence-electron chi connectivity index (χ0n) is 7.24. The summed E-state index contributed by atoms with van der Waals surface area (Å²) in [4.78, 5) is 4.16. The Balaban J connectivity index is 2.41. The minimum absolute atomic E-state index is 0.223. The fourth-order valence-corrected chi connectivity index (χ4v) is 1.18. The summed E-state index contributed by atoms with van der Waals surface area (Å²) in [7, 11) is 1.90. The highest BCUT2D eigenvalue weighted by atomic mass is 19.1. The molecule has 1 aromatic heterocycles. The first-order valence-electron chi connectivity index (χ1n) is 3.99. The molecule has 0 amide bonds. The fourth-order valence-electron chi connectivity index (χ4n) is 1.18. The quantitative estimate of drug-likeness (QED) is 0.651. The molecular formula is C10H9FN2. The monoisotopic (exact) mass is 176 g/mol. The predicted molar refractivity (Wildman–Crippen MR) is 48.6 cm³/mol. The lowest BCUT2D eigenvalue weighted by Gasteiger charge is -1.94. The molecule has 3 heteroatoms. The van der Waals surface area contributed by atoms with E-state index < -0.39 is 0 Å². The number of benzene rings is 1. The van der Waals surface area contributed by atoms with E-state index in [4.69, 9.17) is 0 Å². The van der Waals surface area contributed by atoms with Crippen LogP contribution in [0.15, 0.2) is 36.8 Å². The Bertz CT molecular complexity index is 403. The zero-order valence-corrected chi connectivity index (χ0v) is 7.24. The largest absolute Gasteiger partial charge is 0.340 e. The average Bonchev–Trinajstić information content (AvgIpc) is 2.53. The second kappa shape index (κ2) is 3.01. The molecule has 0 saturated carbocycles. The van der Waals surface area contributed by atoms with Crippen molar-refractivity contribution in [1.82, 2.24) is 9.55 Å². The summed E-state index contributed by atoms with van der Waals surface area (Å²) in [6.45, 7) is 0. The number of nitrogens with zero attached hydrogens (tertiary/aromatic N) is 2. The molecule has 0 spiro atoms. The lowest BCUT2D eigenvalue weighted by molar-refractivity contribution is 0.628. The number of hydrogen-bond acceptors (Lipinski definition) is 1. The highest BCUT2D eigenvalue weighted by Crippen LogP contribution is 2.16.